The molecule has 129 heavy (non-hydrogen) atoms. The number of ether oxygens (including phenoxy) is 3. The molecular weight excluding hydrogens is 1650 g/mol. The number of unbranched alkanes of at least 4 members (excludes halogenated alkanes) is 39. The molecule has 736 valence electrons. The molecule has 0 aliphatic heterocycles. The monoisotopic (exact) mass is 1840 g/mol. The molecule has 5 unspecified atom stereocenters. The molecule has 0 fully saturated rings. The molecule has 5 atom stereocenters. The number of esters is 3. The smallest absolute Gasteiger partial charge is 0.463 e. The van der Waals surface area contributed by atoms with Gasteiger partial charge in [0.1, 0.15) is 25.4 Å². The van der Waals surface area contributed by atoms with E-state index in [1.807, 2.05) is 0 Å². The van der Waals surface area contributed by atoms with Crippen LogP contribution in [0.1, 0.15) is 419 Å². The summed E-state index contributed by atoms with van der Waals surface area (Å²) >= 11 is 0. The molecule has 4 N–H and O–H groups in total. The van der Waals surface area contributed by atoms with Crippen LogP contribution in [-0.2, 0) is 55.8 Å². The molecule has 0 spiro atoms. The third-order valence-corrected chi connectivity index (χ3v) is 23.4. The van der Waals surface area contributed by atoms with Crippen molar-refractivity contribution in [1.29, 1.82) is 0 Å². The van der Waals surface area contributed by atoms with Crippen LogP contribution in [0.4, 0.5) is 0 Å². The minimum Gasteiger partial charge on any atom is -0.463 e. The number of aliphatic hydroxyl groups excluding tert-OH is 2. The molecule has 0 heterocycles. The summed E-state index contributed by atoms with van der Waals surface area (Å²) in [5.74, 6) is -1.57. The topological polar surface area (TPSA) is 231 Å². The van der Waals surface area contributed by atoms with Crippen molar-refractivity contribution in [1.82, 2.24) is 0 Å². The van der Waals surface area contributed by atoms with Crippen LogP contribution in [0.5, 0.6) is 0 Å². The Balaban J connectivity index is 4.64. The number of rotatable bonds is 96. The molecule has 0 amide bonds. The summed E-state index contributed by atoms with van der Waals surface area (Å²) < 4.78 is 61.7. The van der Waals surface area contributed by atoms with Crippen LogP contribution in [0.15, 0.2) is 207 Å². The second-order valence-corrected chi connectivity index (χ2v) is 36.8. The zero-order valence-corrected chi connectivity index (χ0v) is 83.3. The van der Waals surface area contributed by atoms with Gasteiger partial charge in [0.05, 0.1) is 26.4 Å². The normalized spacial score (nSPS) is 14.5. The van der Waals surface area contributed by atoms with Gasteiger partial charge in [-0.2, -0.15) is 0 Å². The predicted octanol–water partition coefficient (Wildman–Crippen LogP) is 32.7. The lowest BCUT2D eigenvalue weighted by Crippen LogP contribution is -2.30. The number of hydrogen-bond acceptors (Lipinski definition) is 14. The summed E-state index contributed by atoms with van der Waals surface area (Å²) in [4.78, 5) is 59.2. The summed E-state index contributed by atoms with van der Waals surface area (Å²) in [7, 11) is -9.83. The number of allylic oxidation sites excluding steroid dienone is 34. The van der Waals surface area contributed by atoms with Gasteiger partial charge in [-0.25, -0.2) is 9.13 Å². The Bertz CT molecular complexity index is 3180. The van der Waals surface area contributed by atoms with Crippen LogP contribution in [0, 0.1) is 0 Å². The van der Waals surface area contributed by atoms with E-state index in [0.717, 1.165) is 193 Å². The van der Waals surface area contributed by atoms with E-state index in [2.05, 4.69) is 227 Å². The third-order valence-electron chi connectivity index (χ3n) is 21.5. The third kappa shape index (κ3) is 102. The Hall–Kier alpha value is -5.87. The number of carbonyl (C=O) groups excluding carboxylic acids is 3. The first-order chi connectivity index (χ1) is 63.2. The summed E-state index contributed by atoms with van der Waals surface area (Å²) in [6, 6.07) is 0. The van der Waals surface area contributed by atoms with Crippen molar-refractivity contribution in [2.75, 3.05) is 39.6 Å². The van der Waals surface area contributed by atoms with Crippen molar-refractivity contribution < 1.29 is 75.8 Å². The lowest BCUT2D eigenvalue weighted by Gasteiger charge is -2.21. The molecule has 0 radical (unpaired) electrons. The van der Waals surface area contributed by atoms with Gasteiger partial charge in [0, 0.05) is 19.3 Å². The van der Waals surface area contributed by atoms with Crippen molar-refractivity contribution in [2.45, 2.75) is 437 Å². The molecule has 0 aromatic carbocycles. The molecule has 18 heteroatoms. The minimum atomic E-state index is -4.95. The number of aliphatic hydroxyl groups is 2. The highest BCUT2D eigenvalue weighted by atomic mass is 31.2. The molecule has 0 aromatic heterocycles. The van der Waals surface area contributed by atoms with Crippen molar-refractivity contribution in [3.63, 3.8) is 0 Å². The number of phosphoric acid groups is 2. The Kier molecular flexibility index (Phi) is 96.5. The molecule has 16 nitrogen and oxygen atoms in total. The number of hydrogen-bond donors (Lipinski definition) is 4. The van der Waals surface area contributed by atoms with Crippen LogP contribution < -0.4 is 0 Å². The Morgan fingerprint density at radius 1 is 0.217 bits per heavy atom. The fourth-order valence-electron chi connectivity index (χ4n) is 13.8. The van der Waals surface area contributed by atoms with Gasteiger partial charge in [0.25, 0.3) is 0 Å². The Labute approximate surface area is 788 Å². The molecule has 0 saturated heterocycles. The first-order valence-corrected chi connectivity index (χ1v) is 54.4. The summed E-state index contributed by atoms with van der Waals surface area (Å²) in [5, 5.41) is 20.8. The van der Waals surface area contributed by atoms with Gasteiger partial charge in [-0.1, -0.05) is 439 Å². The standard InChI is InChI=1S/C111H186O16P2/c1-4-7-10-13-16-19-22-25-28-31-34-37-40-43-46-49-51-52-54-57-58-61-64-67-70-73-76-79-82-85-88-91-94-97-109(114)121-100-106(112)101-123-128(117,118)124-102-107(113)103-125-129(119,120)126-105-108(127-111(116)99-96-93-90-87-84-81-78-75-72-69-66-63-60-55-48-45-42-39-36-33-30-27-24-21-18-15-12-9-6-3)104-122-110(115)98-95-92-89-86-83-80-77-74-71-68-65-62-59-56-53-50-47-44-41-38-35-32-29-26-23-20-17-14-11-8-5-2/h7-12,16-21,25-30,34-39,43-48,53,56,60,63,106-108,112-113H,4-6,13-15,22-24,31-33,40-42,49-52,54-55,57-59,61-62,64-105H2,1-3H3,(H,117,118)(H,119,120)/b10-7-,11-8-,12-9-,19-16-,20-17-,21-18-,28-25-,29-26-,30-27-,37-34-,38-35-,39-36-,46-43-,47-44-,48-45-,56-53-,63-60-. The van der Waals surface area contributed by atoms with E-state index in [9.17, 15) is 43.5 Å². The van der Waals surface area contributed by atoms with E-state index in [-0.39, 0.29) is 19.3 Å². The molecule has 0 aromatic rings. The van der Waals surface area contributed by atoms with Crippen molar-refractivity contribution in [3.8, 4) is 0 Å². The van der Waals surface area contributed by atoms with Crippen LogP contribution in [0.2, 0.25) is 0 Å². The molecule has 0 bridgehead atoms. The molecule has 0 rings (SSSR count). The fourth-order valence-corrected chi connectivity index (χ4v) is 15.4. The lowest BCUT2D eigenvalue weighted by molar-refractivity contribution is -0.161. The van der Waals surface area contributed by atoms with Crippen molar-refractivity contribution in [2.24, 2.45) is 0 Å². The second kappa shape index (κ2) is 101. The average Bonchev–Trinajstić information content (AvgIpc) is 0.898. The van der Waals surface area contributed by atoms with Gasteiger partial charge in [0.2, 0.25) is 0 Å². The zero-order valence-electron chi connectivity index (χ0n) is 81.5. The summed E-state index contributed by atoms with van der Waals surface area (Å²) in [5.41, 5.74) is 0. The highest BCUT2D eigenvalue weighted by molar-refractivity contribution is 7.47. The molecular formula is C111H186O16P2. The zero-order chi connectivity index (χ0) is 93.5. The van der Waals surface area contributed by atoms with Crippen LogP contribution in [0.25, 0.3) is 0 Å². The Morgan fingerprint density at radius 2 is 0.388 bits per heavy atom. The highest BCUT2D eigenvalue weighted by Crippen LogP contribution is 2.45. The van der Waals surface area contributed by atoms with Crippen molar-refractivity contribution >= 4 is 33.6 Å². The van der Waals surface area contributed by atoms with E-state index in [4.69, 9.17) is 32.3 Å². The molecule has 0 aliphatic carbocycles. The van der Waals surface area contributed by atoms with E-state index in [1.54, 1.807) is 0 Å². The van der Waals surface area contributed by atoms with Gasteiger partial charge in [-0.15, -0.1) is 0 Å². The van der Waals surface area contributed by atoms with Crippen LogP contribution in [-0.4, -0.2) is 95.9 Å². The quantitative estimate of drug-likeness (QED) is 0.0146. The fraction of sp³-hybridized carbons (Fsp3) is 0.667. The maximum atomic E-state index is 13.1. The summed E-state index contributed by atoms with van der Waals surface area (Å²) in [6.07, 6.45) is 137. The second-order valence-electron chi connectivity index (χ2n) is 33.8. The molecule has 0 saturated carbocycles. The number of carbonyl (C=O) groups is 3. The van der Waals surface area contributed by atoms with Gasteiger partial charge < -0.3 is 34.2 Å². The first kappa shape index (κ1) is 123. The van der Waals surface area contributed by atoms with Crippen molar-refractivity contribution in [3.05, 3.63) is 207 Å². The van der Waals surface area contributed by atoms with E-state index < -0.39 is 91.5 Å². The predicted molar refractivity (Wildman–Crippen MR) is 546 cm³/mol. The maximum Gasteiger partial charge on any atom is 0.472 e. The SMILES string of the molecule is CC/C=C\C/C=C\C/C=C\C/C=C\C/C=C\C/C=C\CCCCCCCCCCCCCCC(=O)OCC(COP(=O)(O)OCC(O)COP(=O)(O)OCC(O)COC(=O)CCCCCCCCCCCCCCCCCCC/C=C\C/C=C\C/C=C\C/C=C\C/C=C\CC)OC(=O)CCCCCCCCCCCC/C=C\C/C=C\C/C=C\C/C=C\C/C=C\C/C=C\CC. The van der Waals surface area contributed by atoms with E-state index in [1.165, 1.54) is 167 Å². The van der Waals surface area contributed by atoms with Crippen LogP contribution in [0.3, 0.4) is 0 Å². The minimum absolute atomic E-state index is 0.0924. The number of phosphoric ester groups is 2. The van der Waals surface area contributed by atoms with E-state index in [0.29, 0.717) is 19.3 Å². The average molecular weight is 1840 g/mol. The first-order valence-electron chi connectivity index (χ1n) is 51.4. The highest BCUT2D eigenvalue weighted by Gasteiger charge is 2.30. The van der Waals surface area contributed by atoms with Gasteiger partial charge in [0.15, 0.2) is 6.10 Å². The van der Waals surface area contributed by atoms with Gasteiger partial charge in [-0.05, 0) is 167 Å². The lowest BCUT2D eigenvalue weighted by atomic mass is 10.0. The largest absolute Gasteiger partial charge is 0.472 e. The maximum absolute atomic E-state index is 13.1. The summed E-state index contributed by atoms with van der Waals surface area (Å²) in [6.45, 7) is 2.39. The van der Waals surface area contributed by atoms with Gasteiger partial charge >= 0.3 is 33.6 Å². The van der Waals surface area contributed by atoms with E-state index >= 15 is 0 Å². The van der Waals surface area contributed by atoms with Crippen LogP contribution >= 0.6 is 15.6 Å². The Morgan fingerprint density at radius 3 is 0.612 bits per heavy atom. The molecule has 0 aliphatic rings. The van der Waals surface area contributed by atoms with Gasteiger partial charge in [-0.3, -0.25) is 32.5 Å².